The minimum absolute atomic E-state index is 0.585. The molecule has 27 heavy (non-hydrogen) atoms. The van der Waals surface area contributed by atoms with Crippen LogP contribution in [-0.4, -0.2) is 41.3 Å². The van der Waals surface area contributed by atoms with Gasteiger partial charge in [-0.15, -0.1) is 10.2 Å². The highest BCUT2D eigenvalue weighted by Crippen LogP contribution is 2.26. The molecular weight excluding hydrogens is 362 g/mol. The number of aromatic nitrogens is 3. The molecule has 1 aromatic heterocycles. The van der Waals surface area contributed by atoms with Crippen molar-refractivity contribution in [2.45, 2.75) is 18.6 Å². The first-order valence-electron chi connectivity index (χ1n) is 8.72. The molecule has 3 aromatic rings. The van der Waals surface area contributed by atoms with Gasteiger partial charge in [0.05, 0.1) is 20.8 Å². The lowest BCUT2D eigenvalue weighted by molar-refractivity contribution is 0.342. The standard InChI is InChI=1S/C20H23N3O3S/c1-4-23-19(15-6-5-7-18(14-15)25-3)21-22-20(23)27-13-12-26-17-10-8-16(24-2)9-11-17/h5-11,14H,4,12-13H2,1-3H3. The van der Waals surface area contributed by atoms with E-state index in [-0.39, 0.29) is 0 Å². The van der Waals surface area contributed by atoms with Crippen molar-refractivity contribution in [3.05, 3.63) is 48.5 Å². The first-order chi connectivity index (χ1) is 13.2. The molecule has 0 saturated carbocycles. The van der Waals surface area contributed by atoms with Crippen LogP contribution in [0.25, 0.3) is 11.4 Å². The zero-order valence-corrected chi connectivity index (χ0v) is 16.5. The Bertz CT molecular complexity index is 865. The van der Waals surface area contributed by atoms with E-state index in [2.05, 4.69) is 21.7 Å². The minimum Gasteiger partial charge on any atom is -0.497 e. The molecule has 0 aliphatic rings. The predicted molar refractivity (Wildman–Crippen MR) is 107 cm³/mol. The maximum Gasteiger partial charge on any atom is 0.191 e. The van der Waals surface area contributed by atoms with E-state index in [4.69, 9.17) is 14.2 Å². The summed E-state index contributed by atoms with van der Waals surface area (Å²) in [6.45, 7) is 3.47. The molecule has 0 aliphatic heterocycles. The molecule has 1 heterocycles. The highest BCUT2D eigenvalue weighted by molar-refractivity contribution is 7.99. The molecule has 3 rings (SSSR count). The monoisotopic (exact) mass is 385 g/mol. The Kier molecular flexibility index (Phi) is 6.59. The normalized spacial score (nSPS) is 10.6. The van der Waals surface area contributed by atoms with E-state index in [1.165, 1.54) is 0 Å². The van der Waals surface area contributed by atoms with Crippen molar-refractivity contribution in [2.24, 2.45) is 0 Å². The van der Waals surface area contributed by atoms with Gasteiger partial charge in [0, 0.05) is 17.9 Å². The van der Waals surface area contributed by atoms with Crippen LogP contribution in [0.3, 0.4) is 0 Å². The minimum atomic E-state index is 0.585. The van der Waals surface area contributed by atoms with Gasteiger partial charge < -0.3 is 18.8 Å². The molecule has 2 aromatic carbocycles. The van der Waals surface area contributed by atoms with E-state index in [9.17, 15) is 0 Å². The van der Waals surface area contributed by atoms with Crippen molar-refractivity contribution in [3.63, 3.8) is 0 Å². The summed E-state index contributed by atoms with van der Waals surface area (Å²) in [6.07, 6.45) is 0. The summed E-state index contributed by atoms with van der Waals surface area (Å²) >= 11 is 1.63. The van der Waals surface area contributed by atoms with Gasteiger partial charge in [-0.05, 0) is 43.3 Å². The van der Waals surface area contributed by atoms with Crippen molar-refractivity contribution in [1.29, 1.82) is 0 Å². The molecule has 7 heteroatoms. The summed E-state index contributed by atoms with van der Waals surface area (Å²) in [5.41, 5.74) is 0.991. The Morgan fingerprint density at radius 2 is 1.67 bits per heavy atom. The molecule has 0 fully saturated rings. The Hall–Kier alpha value is -2.67. The van der Waals surface area contributed by atoms with Crippen LogP contribution in [-0.2, 0) is 6.54 Å². The van der Waals surface area contributed by atoms with Crippen LogP contribution in [0.1, 0.15) is 6.92 Å². The number of thioether (sulfide) groups is 1. The molecule has 142 valence electrons. The smallest absolute Gasteiger partial charge is 0.191 e. The van der Waals surface area contributed by atoms with E-state index in [1.807, 2.05) is 48.5 Å². The third-order valence-corrected chi connectivity index (χ3v) is 4.93. The molecule has 0 aliphatic carbocycles. The fraction of sp³-hybridized carbons (Fsp3) is 0.300. The second kappa shape index (κ2) is 9.32. The number of methoxy groups -OCH3 is 2. The Labute approximate surface area is 163 Å². The van der Waals surface area contributed by atoms with Gasteiger partial charge in [-0.1, -0.05) is 23.9 Å². The van der Waals surface area contributed by atoms with Gasteiger partial charge in [0.25, 0.3) is 0 Å². The van der Waals surface area contributed by atoms with E-state index in [0.29, 0.717) is 6.61 Å². The number of benzene rings is 2. The number of hydrogen-bond acceptors (Lipinski definition) is 6. The second-order valence-corrected chi connectivity index (χ2v) is 6.72. The van der Waals surface area contributed by atoms with Crippen molar-refractivity contribution >= 4 is 11.8 Å². The fourth-order valence-corrected chi connectivity index (χ4v) is 3.44. The first-order valence-corrected chi connectivity index (χ1v) is 9.71. The topological polar surface area (TPSA) is 58.4 Å². The summed E-state index contributed by atoms with van der Waals surface area (Å²) in [4.78, 5) is 0. The average Bonchev–Trinajstić information content (AvgIpc) is 3.14. The van der Waals surface area contributed by atoms with E-state index >= 15 is 0 Å². The zero-order valence-electron chi connectivity index (χ0n) is 15.7. The Morgan fingerprint density at radius 3 is 2.37 bits per heavy atom. The Morgan fingerprint density at radius 1 is 0.926 bits per heavy atom. The Balaban J connectivity index is 1.61. The SMILES string of the molecule is CCn1c(SCCOc2ccc(OC)cc2)nnc1-c1cccc(OC)c1. The summed E-state index contributed by atoms with van der Waals surface area (Å²) in [7, 11) is 3.31. The molecular formula is C20H23N3O3S. The quantitative estimate of drug-likeness (QED) is 0.407. The molecule has 0 amide bonds. The van der Waals surface area contributed by atoms with Crippen LogP contribution in [0, 0.1) is 0 Å². The van der Waals surface area contributed by atoms with Gasteiger partial charge >= 0.3 is 0 Å². The molecule has 0 bridgehead atoms. The van der Waals surface area contributed by atoms with Crippen molar-refractivity contribution in [2.75, 3.05) is 26.6 Å². The van der Waals surface area contributed by atoms with Gasteiger partial charge in [0.15, 0.2) is 11.0 Å². The lowest BCUT2D eigenvalue weighted by Crippen LogP contribution is -2.03. The third-order valence-electron chi connectivity index (χ3n) is 4.00. The van der Waals surface area contributed by atoms with Crippen LogP contribution >= 0.6 is 11.8 Å². The van der Waals surface area contributed by atoms with Crippen LogP contribution in [0.15, 0.2) is 53.7 Å². The van der Waals surface area contributed by atoms with E-state index in [0.717, 1.165) is 46.1 Å². The number of rotatable bonds is 9. The molecule has 0 atom stereocenters. The first kappa shape index (κ1) is 19.1. The molecule has 0 spiro atoms. The highest BCUT2D eigenvalue weighted by Gasteiger charge is 2.13. The number of hydrogen-bond donors (Lipinski definition) is 0. The average molecular weight is 385 g/mol. The third kappa shape index (κ3) is 4.74. The molecule has 0 N–H and O–H groups in total. The van der Waals surface area contributed by atoms with Gasteiger partial charge in [0.2, 0.25) is 0 Å². The van der Waals surface area contributed by atoms with Crippen molar-refractivity contribution < 1.29 is 14.2 Å². The van der Waals surface area contributed by atoms with Crippen LogP contribution in [0.2, 0.25) is 0 Å². The zero-order chi connectivity index (χ0) is 19.1. The van der Waals surface area contributed by atoms with E-state index in [1.54, 1.807) is 26.0 Å². The van der Waals surface area contributed by atoms with Gasteiger partial charge in [-0.2, -0.15) is 0 Å². The number of nitrogens with zero attached hydrogens (tertiary/aromatic N) is 3. The molecule has 0 unspecified atom stereocenters. The highest BCUT2D eigenvalue weighted by atomic mass is 32.2. The van der Waals surface area contributed by atoms with Gasteiger partial charge in [0.1, 0.15) is 17.2 Å². The van der Waals surface area contributed by atoms with E-state index < -0.39 is 0 Å². The fourth-order valence-electron chi connectivity index (χ4n) is 2.62. The molecule has 6 nitrogen and oxygen atoms in total. The van der Waals surface area contributed by atoms with Gasteiger partial charge in [-0.3, -0.25) is 0 Å². The number of ether oxygens (including phenoxy) is 3. The maximum absolute atomic E-state index is 5.77. The van der Waals surface area contributed by atoms with Crippen LogP contribution in [0.5, 0.6) is 17.2 Å². The lowest BCUT2D eigenvalue weighted by atomic mass is 10.2. The molecule has 0 radical (unpaired) electrons. The van der Waals surface area contributed by atoms with Crippen LogP contribution in [0.4, 0.5) is 0 Å². The summed E-state index contributed by atoms with van der Waals surface area (Å²) in [5, 5.41) is 9.60. The molecule has 0 saturated heterocycles. The van der Waals surface area contributed by atoms with Gasteiger partial charge in [-0.25, -0.2) is 0 Å². The second-order valence-electron chi connectivity index (χ2n) is 5.65. The summed E-state index contributed by atoms with van der Waals surface area (Å²) < 4.78 is 18.3. The van der Waals surface area contributed by atoms with Crippen molar-refractivity contribution in [1.82, 2.24) is 14.8 Å². The largest absolute Gasteiger partial charge is 0.497 e. The predicted octanol–water partition coefficient (Wildman–Crippen LogP) is 4.15. The maximum atomic E-state index is 5.77. The lowest BCUT2D eigenvalue weighted by Gasteiger charge is -2.09. The summed E-state index contributed by atoms with van der Waals surface area (Å²) in [5.74, 6) is 4.07. The van der Waals surface area contributed by atoms with Crippen molar-refractivity contribution in [3.8, 4) is 28.6 Å². The summed E-state index contributed by atoms with van der Waals surface area (Å²) in [6, 6.07) is 15.4. The van der Waals surface area contributed by atoms with Crippen LogP contribution < -0.4 is 14.2 Å².